The summed E-state index contributed by atoms with van der Waals surface area (Å²) in [6.07, 6.45) is 2.69. The van der Waals surface area contributed by atoms with Gasteiger partial charge in [0, 0.05) is 28.4 Å². The van der Waals surface area contributed by atoms with Gasteiger partial charge in [0.2, 0.25) is 0 Å². The number of hydrogen-bond donors (Lipinski definition) is 2. The van der Waals surface area contributed by atoms with Crippen LogP contribution in [0.3, 0.4) is 0 Å². The highest BCUT2D eigenvalue weighted by Gasteiger charge is 2.42. The van der Waals surface area contributed by atoms with E-state index >= 15 is 0 Å². The number of halogens is 1. The smallest absolute Gasteiger partial charge is 0.261 e. The minimum atomic E-state index is -0.494. The van der Waals surface area contributed by atoms with E-state index in [-0.39, 0.29) is 17.1 Å². The van der Waals surface area contributed by atoms with Crippen LogP contribution in [0.25, 0.3) is 0 Å². The topological polar surface area (TPSA) is 76.0 Å². The number of anilines is 2. The molecular weight excluding hydrogens is 448 g/mol. The second-order valence-electron chi connectivity index (χ2n) is 9.99. The van der Waals surface area contributed by atoms with Gasteiger partial charge in [-0.05, 0) is 60.6 Å². The van der Waals surface area contributed by atoms with Crippen LogP contribution in [-0.2, 0) is 4.79 Å². The molecule has 0 unspecified atom stereocenters. The normalized spacial score (nSPS) is 18.7. The number of Topliss-reactive ketones (excluding diaryl/α,β-unsaturated/α-hetero) is 1. The zero-order valence-corrected chi connectivity index (χ0v) is 20.5. The van der Waals surface area contributed by atoms with E-state index in [1.165, 1.54) is 0 Å². The summed E-state index contributed by atoms with van der Waals surface area (Å²) in [7, 11) is 0. The monoisotopic (exact) mass is 474 g/mol. The Bertz CT molecular complexity index is 1370. The molecule has 2 aliphatic rings. The molecular formula is C27H27ClN4O2. The Hall–Kier alpha value is -3.38. The van der Waals surface area contributed by atoms with Crippen LogP contribution in [0.5, 0.6) is 0 Å². The first-order chi connectivity index (χ1) is 16.1. The van der Waals surface area contributed by atoms with Gasteiger partial charge in [0.15, 0.2) is 5.78 Å². The number of ketones is 1. The number of amides is 1. The lowest BCUT2D eigenvalue weighted by atomic mass is 9.73. The molecule has 1 amide bonds. The molecule has 2 heterocycles. The average molecular weight is 475 g/mol. The van der Waals surface area contributed by atoms with Gasteiger partial charge in [-0.15, -0.1) is 0 Å². The van der Waals surface area contributed by atoms with Gasteiger partial charge in [0.05, 0.1) is 6.20 Å². The van der Waals surface area contributed by atoms with Crippen LogP contribution in [0, 0.1) is 19.3 Å². The highest BCUT2D eigenvalue weighted by atomic mass is 35.5. The maximum atomic E-state index is 13.3. The van der Waals surface area contributed by atoms with Gasteiger partial charge in [-0.2, -0.15) is 5.10 Å². The van der Waals surface area contributed by atoms with E-state index in [0.717, 1.165) is 28.1 Å². The van der Waals surface area contributed by atoms with E-state index in [2.05, 4.69) is 29.6 Å². The summed E-state index contributed by atoms with van der Waals surface area (Å²) in [5, 5.41) is 11.5. The summed E-state index contributed by atoms with van der Waals surface area (Å²) >= 11 is 6.59. The first-order valence-electron chi connectivity index (χ1n) is 11.4. The predicted molar refractivity (Wildman–Crippen MR) is 134 cm³/mol. The molecule has 2 N–H and O–H groups in total. The predicted octanol–water partition coefficient (Wildman–Crippen LogP) is 6.06. The second-order valence-corrected chi connectivity index (χ2v) is 10.4. The molecule has 0 saturated heterocycles. The van der Waals surface area contributed by atoms with Gasteiger partial charge in [-0.3, -0.25) is 9.59 Å². The third-order valence-corrected chi connectivity index (χ3v) is 7.06. The zero-order chi connectivity index (χ0) is 24.2. The molecule has 0 fully saturated rings. The van der Waals surface area contributed by atoms with Crippen LogP contribution in [0.1, 0.15) is 59.8 Å². The molecule has 5 rings (SSSR count). The largest absolute Gasteiger partial charge is 0.343 e. The van der Waals surface area contributed by atoms with Crippen molar-refractivity contribution in [2.24, 2.45) is 5.41 Å². The maximum Gasteiger partial charge on any atom is 0.261 e. The van der Waals surface area contributed by atoms with Crippen molar-refractivity contribution in [3.63, 3.8) is 0 Å². The molecule has 1 aliphatic heterocycles. The van der Waals surface area contributed by atoms with Gasteiger partial charge in [-0.25, -0.2) is 4.68 Å². The number of fused-ring (bicyclic) bond motifs is 1. The lowest BCUT2D eigenvalue weighted by molar-refractivity contribution is -0.118. The lowest BCUT2D eigenvalue weighted by Gasteiger charge is -2.39. The quantitative estimate of drug-likeness (QED) is 0.483. The van der Waals surface area contributed by atoms with E-state index in [1.807, 2.05) is 56.3 Å². The average Bonchev–Trinajstić information content (AvgIpc) is 3.18. The number of carbonyl (C=O) groups is 2. The van der Waals surface area contributed by atoms with Crippen LogP contribution in [0.15, 0.2) is 59.9 Å². The number of rotatable bonds is 3. The Balaban J connectivity index is 1.60. The number of aryl methyl sites for hydroxylation is 2. The molecule has 2 aromatic carbocycles. The molecule has 1 aromatic heterocycles. The molecule has 0 saturated carbocycles. The van der Waals surface area contributed by atoms with Crippen molar-refractivity contribution in [3.8, 4) is 0 Å². The van der Waals surface area contributed by atoms with E-state index in [9.17, 15) is 9.59 Å². The van der Waals surface area contributed by atoms with Crippen LogP contribution >= 0.6 is 11.6 Å². The van der Waals surface area contributed by atoms with Gasteiger partial charge < -0.3 is 10.6 Å². The van der Waals surface area contributed by atoms with Crippen molar-refractivity contribution in [3.05, 3.63) is 87.2 Å². The molecule has 0 radical (unpaired) electrons. The Morgan fingerprint density at radius 3 is 2.65 bits per heavy atom. The molecule has 7 heteroatoms. The Morgan fingerprint density at radius 2 is 1.91 bits per heavy atom. The third-order valence-electron chi connectivity index (χ3n) is 6.71. The summed E-state index contributed by atoms with van der Waals surface area (Å²) in [5.41, 5.74) is 5.51. The van der Waals surface area contributed by atoms with Crippen molar-refractivity contribution >= 4 is 34.8 Å². The standard InChI is InChI=1S/C27H27ClN4O2/c1-15-9-10-17(11-16(15)2)30-26(34)19-14-29-32-24(18-7-5-6-8-20(18)28)23-21(31-25(19)32)12-27(3,4)13-22(23)33/h5-11,14,24,31H,12-13H2,1-4H3,(H,30,34)/t24-/m0/s1. The van der Waals surface area contributed by atoms with Crippen LogP contribution in [-0.4, -0.2) is 21.5 Å². The summed E-state index contributed by atoms with van der Waals surface area (Å²) in [6.45, 7) is 8.21. The summed E-state index contributed by atoms with van der Waals surface area (Å²) < 4.78 is 1.71. The number of benzene rings is 2. The zero-order valence-electron chi connectivity index (χ0n) is 19.7. The molecule has 6 nitrogen and oxygen atoms in total. The van der Waals surface area contributed by atoms with E-state index in [0.29, 0.717) is 34.8 Å². The fourth-order valence-corrected chi connectivity index (χ4v) is 5.12. The minimum absolute atomic E-state index is 0.0750. The van der Waals surface area contributed by atoms with Crippen LogP contribution in [0.4, 0.5) is 11.5 Å². The molecule has 1 aliphatic carbocycles. The Labute approximate surface area is 204 Å². The first-order valence-corrected chi connectivity index (χ1v) is 11.8. The van der Waals surface area contributed by atoms with Crippen molar-refractivity contribution < 1.29 is 9.59 Å². The van der Waals surface area contributed by atoms with Crippen LogP contribution < -0.4 is 10.6 Å². The third kappa shape index (κ3) is 3.82. The molecule has 0 bridgehead atoms. The van der Waals surface area contributed by atoms with Crippen molar-refractivity contribution in [2.75, 3.05) is 10.6 Å². The van der Waals surface area contributed by atoms with Gasteiger partial charge in [0.25, 0.3) is 5.91 Å². The van der Waals surface area contributed by atoms with E-state index in [1.54, 1.807) is 10.9 Å². The Morgan fingerprint density at radius 1 is 1.15 bits per heavy atom. The highest BCUT2D eigenvalue weighted by molar-refractivity contribution is 6.31. The Kier molecular flexibility index (Phi) is 5.36. The molecule has 34 heavy (non-hydrogen) atoms. The first kappa shape index (κ1) is 22.4. The van der Waals surface area contributed by atoms with E-state index in [4.69, 9.17) is 11.6 Å². The highest BCUT2D eigenvalue weighted by Crippen LogP contribution is 2.47. The fraction of sp³-hybridized carbons (Fsp3) is 0.296. The SMILES string of the molecule is Cc1ccc(NC(=O)c2cnn3c2NC2=C(C(=O)CC(C)(C)C2)[C@@H]3c2ccccc2Cl)cc1C. The van der Waals surface area contributed by atoms with Gasteiger partial charge in [0.1, 0.15) is 17.4 Å². The number of allylic oxidation sites excluding steroid dienone is 2. The number of nitrogens with zero attached hydrogens (tertiary/aromatic N) is 2. The van der Waals surface area contributed by atoms with Gasteiger partial charge in [-0.1, -0.05) is 49.7 Å². The molecule has 1 atom stereocenters. The number of carbonyl (C=O) groups excluding carboxylic acids is 2. The summed E-state index contributed by atoms with van der Waals surface area (Å²) in [6, 6.07) is 12.8. The second kappa shape index (κ2) is 8.13. The fourth-order valence-electron chi connectivity index (χ4n) is 4.88. The minimum Gasteiger partial charge on any atom is -0.343 e. The molecule has 174 valence electrons. The molecule has 3 aromatic rings. The number of aromatic nitrogens is 2. The molecule has 0 spiro atoms. The van der Waals surface area contributed by atoms with Crippen molar-refractivity contribution in [2.45, 2.75) is 46.6 Å². The van der Waals surface area contributed by atoms with Crippen LogP contribution in [0.2, 0.25) is 5.02 Å². The maximum absolute atomic E-state index is 13.3. The van der Waals surface area contributed by atoms with Crippen molar-refractivity contribution in [1.29, 1.82) is 0 Å². The number of hydrogen-bond acceptors (Lipinski definition) is 4. The van der Waals surface area contributed by atoms with Gasteiger partial charge >= 0.3 is 0 Å². The van der Waals surface area contributed by atoms with E-state index < -0.39 is 6.04 Å². The summed E-state index contributed by atoms with van der Waals surface area (Å²) in [4.78, 5) is 26.6. The van der Waals surface area contributed by atoms with Crippen molar-refractivity contribution in [1.82, 2.24) is 9.78 Å². The number of nitrogens with one attached hydrogen (secondary N) is 2. The summed E-state index contributed by atoms with van der Waals surface area (Å²) in [5.74, 6) is 0.377. The lowest BCUT2D eigenvalue weighted by Crippen LogP contribution is -2.37.